The van der Waals surface area contributed by atoms with Crippen molar-refractivity contribution in [2.24, 2.45) is 0 Å². The molecule has 0 saturated carbocycles. The molecule has 0 aliphatic carbocycles. The van der Waals surface area contributed by atoms with Crippen LogP contribution in [0.2, 0.25) is 0 Å². The number of non-ortho nitro benzene ring substituents is 1. The Balaban J connectivity index is 1.75. The first-order chi connectivity index (χ1) is 11.1. The van der Waals surface area contributed by atoms with Crippen molar-refractivity contribution in [3.05, 3.63) is 62.3 Å². The fourth-order valence-electron chi connectivity index (χ4n) is 2.26. The minimum Gasteiger partial charge on any atom is -0.453 e. The zero-order valence-corrected chi connectivity index (χ0v) is 12.7. The Bertz CT molecular complexity index is 685. The lowest BCUT2D eigenvalue weighted by Gasteiger charge is -2.31. The SMILES string of the molecule is O=C(O[C@H]1COCO[C@@H]1c1ccc([N+](=O)[O-])cc1)c1cccs1. The molecule has 1 aromatic heterocycles. The van der Waals surface area contributed by atoms with Gasteiger partial charge in [0.2, 0.25) is 0 Å². The summed E-state index contributed by atoms with van der Waals surface area (Å²) in [6, 6.07) is 9.43. The number of carbonyl (C=O) groups excluding carboxylic acids is 1. The normalized spacial score (nSPS) is 20.9. The van der Waals surface area contributed by atoms with E-state index < -0.39 is 23.1 Å². The molecule has 2 atom stereocenters. The molecule has 2 heterocycles. The van der Waals surface area contributed by atoms with Crippen LogP contribution in [0.5, 0.6) is 0 Å². The zero-order chi connectivity index (χ0) is 16.2. The van der Waals surface area contributed by atoms with Gasteiger partial charge in [-0.2, -0.15) is 0 Å². The fraction of sp³-hybridized carbons (Fsp3) is 0.267. The first-order valence-electron chi connectivity index (χ1n) is 6.83. The van der Waals surface area contributed by atoms with Crippen molar-refractivity contribution in [3.63, 3.8) is 0 Å². The Morgan fingerprint density at radius 1 is 1.30 bits per heavy atom. The van der Waals surface area contributed by atoms with Gasteiger partial charge in [0.25, 0.3) is 5.69 Å². The van der Waals surface area contributed by atoms with Crippen LogP contribution in [0.25, 0.3) is 0 Å². The van der Waals surface area contributed by atoms with E-state index in [2.05, 4.69) is 0 Å². The number of benzene rings is 1. The van der Waals surface area contributed by atoms with E-state index in [-0.39, 0.29) is 19.1 Å². The van der Waals surface area contributed by atoms with Gasteiger partial charge in [-0.1, -0.05) is 6.07 Å². The van der Waals surface area contributed by atoms with Gasteiger partial charge in [-0.3, -0.25) is 10.1 Å². The summed E-state index contributed by atoms with van der Waals surface area (Å²) in [4.78, 5) is 22.8. The fourth-order valence-corrected chi connectivity index (χ4v) is 2.87. The quantitative estimate of drug-likeness (QED) is 0.485. The highest BCUT2D eigenvalue weighted by atomic mass is 32.1. The summed E-state index contributed by atoms with van der Waals surface area (Å²) in [5.74, 6) is -0.439. The number of nitro groups is 1. The molecule has 0 bridgehead atoms. The Morgan fingerprint density at radius 2 is 2.09 bits per heavy atom. The number of rotatable bonds is 4. The second-order valence-electron chi connectivity index (χ2n) is 4.85. The molecule has 23 heavy (non-hydrogen) atoms. The predicted octanol–water partition coefficient (Wildman–Crippen LogP) is 2.93. The molecule has 0 radical (unpaired) electrons. The van der Waals surface area contributed by atoms with E-state index in [1.54, 1.807) is 29.6 Å². The van der Waals surface area contributed by atoms with E-state index in [4.69, 9.17) is 14.2 Å². The van der Waals surface area contributed by atoms with Crippen molar-refractivity contribution in [1.82, 2.24) is 0 Å². The van der Waals surface area contributed by atoms with Crippen LogP contribution in [-0.2, 0) is 14.2 Å². The lowest BCUT2D eigenvalue weighted by molar-refractivity contribution is -0.384. The molecule has 1 aromatic carbocycles. The van der Waals surface area contributed by atoms with Crippen molar-refractivity contribution in [1.29, 1.82) is 0 Å². The van der Waals surface area contributed by atoms with Crippen LogP contribution in [0.1, 0.15) is 21.3 Å². The number of carbonyl (C=O) groups is 1. The monoisotopic (exact) mass is 335 g/mol. The lowest BCUT2D eigenvalue weighted by Crippen LogP contribution is -2.36. The van der Waals surface area contributed by atoms with Crippen LogP contribution in [-0.4, -0.2) is 30.4 Å². The number of esters is 1. The van der Waals surface area contributed by atoms with Gasteiger partial charge in [0.15, 0.2) is 6.10 Å². The number of hydrogen-bond donors (Lipinski definition) is 0. The number of hydrogen-bond acceptors (Lipinski definition) is 7. The predicted molar refractivity (Wildman–Crippen MR) is 81.3 cm³/mol. The van der Waals surface area contributed by atoms with E-state index in [0.29, 0.717) is 10.4 Å². The summed E-state index contributed by atoms with van der Waals surface area (Å²) in [5, 5.41) is 12.5. The summed E-state index contributed by atoms with van der Waals surface area (Å²) in [6.07, 6.45) is -1.13. The van der Waals surface area contributed by atoms with E-state index >= 15 is 0 Å². The molecule has 120 valence electrons. The first-order valence-corrected chi connectivity index (χ1v) is 7.71. The summed E-state index contributed by atoms with van der Waals surface area (Å²) in [5.41, 5.74) is 0.691. The number of ether oxygens (including phenoxy) is 3. The molecule has 1 fully saturated rings. The van der Waals surface area contributed by atoms with Crippen LogP contribution < -0.4 is 0 Å². The maximum atomic E-state index is 12.1. The largest absolute Gasteiger partial charge is 0.453 e. The highest BCUT2D eigenvalue weighted by molar-refractivity contribution is 7.11. The van der Waals surface area contributed by atoms with Crippen LogP contribution in [0.15, 0.2) is 41.8 Å². The molecular formula is C15H13NO6S. The highest BCUT2D eigenvalue weighted by Crippen LogP contribution is 2.29. The lowest BCUT2D eigenvalue weighted by atomic mass is 10.0. The first kappa shape index (κ1) is 15.6. The third-order valence-electron chi connectivity index (χ3n) is 3.36. The Hall–Kier alpha value is -2.29. The number of nitrogens with zero attached hydrogens (tertiary/aromatic N) is 1. The minimum atomic E-state index is -0.611. The van der Waals surface area contributed by atoms with Gasteiger partial charge in [0.1, 0.15) is 17.8 Å². The Morgan fingerprint density at radius 3 is 2.74 bits per heavy atom. The molecule has 8 heteroatoms. The maximum Gasteiger partial charge on any atom is 0.348 e. The average molecular weight is 335 g/mol. The highest BCUT2D eigenvalue weighted by Gasteiger charge is 2.32. The van der Waals surface area contributed by atoms with E-state index in [9.17, 15) is 14.9 Å². The third-order valence-corrected chi connectivity index (χ3v) is 4.21. The van der Waals surface area contributed by atoms with Crippen LogP contribution >= 0.6 is 11.3 Å². The van der Waals surface area contributed by atoms with E-state index in [1.807, 2.05) is 0 Å². The second-order valence-corrected chi connectivity index (χ2v) is 5.79. The van der Waals surface area contributed by atoms with E-state index in [1.165, 1.54) is 23.5 Å². The molecule has 0 unspecified atom stereocenters. The van der Waals surface area contributed by atoms with E-state index in [0.717, 1.165) is 0 Å². The van der Waals surface area contributed by atoms with Crippen molar-refractivity contribution in [2.75, 3.05) is 13.4 Å². The summed E-state index contributed by atoms with van der Waals surface area (Å²) in [6.45, 7) is 0.285. The van der Waals surface area contributed by atoms with Crippen molar-refractivity contribution in [3.8, 4) is 0 Å². The topological polar surface area (TPSA) is 87.9 Å². The molecule has 0 N–H and O–H groups in total. The van der Waals surface area contributed by atoms with Gasteiger partial charge in [0, 0.05) is 12.1 Å². The molecule has 0 amide bonds. The standard InChI is InChI=1S/C15H13NO6S/c17-15(13-2-1-7-23-13)22-12-8-20-9-21-14(12)10-3-5-11(6-4-10)16(18)19/h1-7,12,14H,8-9H2/t12-,14+/m0/s1. The summed E-state index contributed by atoms with van der Waals surface area (Å²) >= 11 is 1.29. The minimum absolute atomic E-state index is 0.00654. The van der Waals surface area contributed by atoms with Crippen molar-refractivity contribution in [2.45, 2.75) is 12.2 Å². The Kier molecular flexibility index (Phi) is 4.65. The van der Waals surface area contributed by atoms with Crippen molar-refractivity contribution >= 4 is 23.0 Å². The van der Waals surface area contributed by atoms with Gasteiger partial charge >= 0.3 is 5.97 Å². The van der Waals surface area contributed by atoms with Crippen LogP contribution in [0.4, 0.5) is 5.69 Å². The summed E-state index contributed by atoms with van der Waals surface area (Å²) < 4.78 is 16.2. The second kappa shape index (κ2) is 6.86. The molecule has 2 aromatic rings. The molecule has 1 aliphatic heterocycles. The molecule has 0 spiro atoms. The van der Waals surface area contributed by atoms with Gasteiger partial charge in [-0.15, -0.1) is 11.3 Å². The summed E-state index contributed by atoms with van der Waals surface area (Å²) in [7, 11) is 0. The number of thiophene rings is 1. The van der Waals surface area contributed by atoms with Gasteiger partial charge in [-0.05, 0) is 29.1 Å². The van der Waals surface area contributed by atoms with Gasteiger partial charge < -0.3 is 14.2 Å². The van der Waals surface area contributed by atoms with Gasteiger partial charge in [0.05, 0.1) is 11.5 Å². The van der Waals surface area contributed by atoms with Gasteiger partial charge in [-0.25, -0.2) is 4.79 Å². The zero-order valence-electron chi connectivity index (χ0n) is 11.9. The molecule has 1 saturated heterocycles. The molecule has 7 nitrogen and oxygen atoms in total. The smallest absolute Gasteiger partial charge is 0.348 e. The number of nitro benzene ring substituents is 1. The third kappa shape index (κ3) is 3.55. The average Bonchev–Trinajstić information content (AvgIpc) is 3.10. The van der Waals surface area contributed by atoms with Crippen LogP contribution in [0, 0.1) is 10.1 Å². The van der Waals surface area contributed by atoms with Crippen molar-refractivity contribution < 1.29 is 23.9 Å². The maximum absolute atomic E-state index is 12.1. The molecule has 1 aliphatic rings. The molecular weight excluding hydrogens is 322 g/mol. The Labute approximate surface area is 135 Å². The molecule has 3 rings (SSSR count). The van der Waals surface area contributed by atoms with Crippen LogP contribution in [0.3, 0.4) is 0 Å².